The van der Waals surface area contributed by atoms with E-state index in [1.807, 2.05) is 35.2 Å². The SMILES string of the molecule is O=C(c1ccc(-c2cc3c(nn2)NCCN3CCc2c(Cl)ccc(F)c2Cl)cc1)N1CCCC1. The number of rotatable bonds is 5. The van der Waals surface area contributed by atoms with Gasteiger partial charge in [0, 0.05) is 48.9 Å². The second-order valence-corrected chi connectivity index (χ2v) is 9.31. The maximum Gasteiger partial charge on any atom is 0.253 e. The van der Waals surface area contributed by atoms with Crippen molar-refractivity contribution >= 4 is 40.6 Å². The molecule has 34 heavy (non-hydrogen) atoms. The van der Waals surface area contributed by atoms with E-state index in [1.165, 1.54) is 12.1 Å². The highest BCUT2D eigenvalue weighted by atomic mass is 35.5. The minimum atomic E-state index is -0.471. The van der Waals surface area contributed by atoms with E-state index in [4.69, 9.17) is 23.2 Å². The second kappa shape index (κ2) is 9.76. The monoisotopic (exact) mass is 499 g/mol. The molecule has 0 bridgehead atoms. The normalized spacial score (nSPS) is 15.3. The van der Waals surface area contributed by atoms with Gasteiger partial charge in [-0.3, -0.25) is 4.79 Å². The van der Waals surface area contributed by atoms with Gasteiger partial charge in [-0.15, -0.1) is 10.2 Å². The van der Waals surface area contributed by atoms with Crippen LogP contribution in [0.25, 0.3) is 11.3 Å². The number of likely N-dealkylation sites (tertiary alicyclic amines) is 1. The summed E-state index contributed by atoms with van der Waals surface area (Å²) in [5, 5.41) is 12.6. The number of carbonyl (C=O) groups excluding carboxylic acids is 1. The molecule has 1 saturated heterocycles. The summed E-state index contributed by atoms with van der Waals surface area (Å²) in [6.07, 6.45) is 2.63. The maximum atomic E-state index is 13.9. The number of carbonyl (C=O) groups is 1. The zero-order valence-corrected chi connectivity index (χ0v) is 20.0. The summed E-state index contributed by atoms with van der Waals surface area (Å²) in [6, 6.07) is 12.3. The van der Waals surface area contributed by atoms with Crippen molar-refractivity contribution in [3.05, 3.63) is 69.5 Å². The van der Waals surface area contributed by atoms with Crippen LogP contribution in [0, 0.1) is 5.82 Å². The van der Waals surface area contributed by atoms with Gasteiger partial charge in [0.25, 0.3) is 5.91 Å². The van der Waals surface area contributed by atoms with Crippen LogP contribution >= 0.6 is 23.2 Å². The predicted molar refractivity (Wildman–Crippen MR) is 133 cm³/mol. The molecular weight excluding hydrogens is 476 g/mol. The molecule has 2 aliphatic rings. The summed E-state index contributed by atoms with van der Waals surface area (Å²) < 4.78 is 13.9. The van der Waals surface area contributed by atoms with Gasteiger partial charge in [-0.1, -0.05) is 35.3 Å². The first kappa shape index (κ1) is 22.9. The summed E-state index contributed by atoms with van der Waals surface area (Å²) in [5.41, 5.74) is 3.80. The first-order valence-electron chi connectivity index (χ1n) is 11.4. The summed E-state index contributed by atoms with van der Waals surface area (Å²) in [4.78, 5) is 16.7. The average molecular weight is 500 g/mol. The minimum Gasteiger partial charge on any atom is -0.366 e. The Morgan fingerprint density at radius 2 is 1.79 bits per heavy atom. The molecule has 2 aromatic carbocycles. The summed E-state index contributed by atoms with van der Waals surface area (Å²) in [7, 11) is 0. The highest BCUT2D eigenvalue weighted by Crippen LogP contribution is 2.32. The molecule has 5 rings (SSSR count). The van der Waals surface area contributed by atoms with Gasteiger partial charge >= 0.3 is 0 Å². The molecule has 0 atom stereocenters. The number of hydrogen-bond acceptors (Lipinski definition) is 5. The Morgan fingerprint density at radius 1 is 1.03 bits per heavy atom. The molecule has 2 aliphatic heterocycles. The van der Waals surface area contributed by atoms with Crippen LogP contribution in [-0.2, 0) is 6.42 Å². The van der Waals surface area contributed by atoms with Crippen molar-refractivity contribution in [2.45, 2.75) is 19.3 Å². The molecule has 0 unspecified atom stereocenters. The van der Waals surface area contributed by atoms with E-state index in [2.05, 4.69) is 20.4 Å². The number of fused-ring (bicyclic) bond motifs is 1. The molecule has 1 N–H and O–H groups in total. The zero-order chi connectivity index (χ0) is 23.7. The van der Waals surface area contributed by atoms with Crippen molar-refractivity contribution in [3.8, 4) is 11.3 Å². The van der Waals surface area contributed by atoms with Gasteiger partial charge < -0.3 is 15.1 Å². The lowest BCUT2D eigenvalue weighted by Gasteiger charge is -2.31. The van der Waals surface area contributed by atoms with Crippen molar-refractivity contribution in [1.82, 2.24) is 15.1 Å². The molecule has 176 valence electrons. The lowest BCUT2D eigenvalue weighted by Crippen LogP contribution is -2.36. The van der Waals surface area contributed by atoms with Crippen LogP contribution in [0.2, 0.25) is 10.0 Å². The van der Waals surface area contributed by atoms with Crippen molar-refractivity contribution in [3.63, 3.8) is 0 Å². The highest BCUT2D eigenvalue weighted by molar-refractivity contribution is 6.36. The fourth-order valence-corrected chi connectivity index (χ4v) is 5.04. The van der Waals surface area contributed by atoms with Gasteiger partial charge in [-0.25, -0.2) is 4.39 Å². The molecule has 0 spiro atoms. The summed E-state index contributed by atoms with van der Waals surface area (Å²) >= 11 is 12.4. The predicted octanol–water partition coefficient (Wildman–Crippen LogP) is 5.30. The van der Waals surface area contributed by atoms with Gasteiger partial charge in [0.15, 0.2) is 5.82 Å². The molecule has 3 heterocycles. The largest absolute Gasteiger partial charge is 0.366 e. The summed E-state index contributed by atoms with van der Waals surface area (Å²) in [6.45, 7) is 3.73. The van der Waals surface area contributed by atoms with Gasteiger partial charge in [0.1, 0.15) is 5.82 Å². The Hall–Kier alpha value is -2.90. The standard InChI is InChI=1S/C25H24Cl2FN5O/c26-19-7-8-20(28)23(27)18(19)9-13-32-14-10-29-24-22(32)15-21(30-31-24)16-3-5-17(6-4-16)25(34)33-11-1-2-12-33/h3-8,15H,1-2,9-14H2,(H,29,31). The number of nitrogens with zero attached hydrogens (tertiary/aromatic N) is 4. The summed E-state index contributed by atoms with van der Waals surface area (Å²) in [5.74, 6) is 0.305. The Balaban J connectivity index is 1.35. The fourth-order valence-electron chi connectivity index (χ4n) is 4.48. The van der Waals surface area contributed by atoms with E-state index in [-0.39, 0.29) is 10.9 Å². The van der Waals surface area contributed by atoms with Gasteiger partial charge in [-0.05, 0) is 55.2 Å². The number of amides is 1. The van der Waals surface area contributed by atoms with Gasteiger partial charge in [-0.2, -0.15) is 0 Å². The third-order valence-corrected chi connectivity index (χ3v) is 7.14. The smallest absolute Gasteiger partial charge is 0.253 e. The maximum absolute atomic E-state index is 13.9. The van der Waals surface area contributed by atoms with E-state index >= 15 is 0 Å². The van der Waals surface area contributed by atoms with Crippen molar-refractivity contribution in [2.24, 2.45) is 0 Å². The van der Waals surface area contributed by atoms with Crippen LogP contribution in [0.1, 0.15) is 28.8 Å². The Labute approximate surface area is 207 Å². The zero-order valence-electron chi connectivity index (χ0n) is 18.5. The molecule has 9 heteroatoms. The number of halogens is 3. The fraction of sp³-hybridized carbons (Fsp3) is 0.320. The number of nitrogens with one attached hydrogen (secondary N) is 1. The molecular formula is C25H24Cl2FN5O. The third-order valence-electron chi connectivity index (χ3n) is 6.38. The molecule has 1 aromatic heterocycles. The first-order chi connectivity index (χ1) is 16.5. The van der Waals surface area contributed by atoms with E-state index in [0.717, 1.165) is 56.0 Å². The highest BCUT2D eigenvalue weighted by Gasteiger charge is 2.22. The molecule has 0 saturated carbocycles. The van der Waals surface area contributed by atoms with Crippen molar-refractivity contribution in [2.75, 3.05) is 42.9 Å². The number of aromatic nitrogens is 2. The van der Waals surface area contributed by atoms with Crippen LogP contribution < -0.4 is 10.2 Å². The molecule has 0 aliphatic carbocycles. The van der Waals surface area contributed by atoms with Gasteiger partial charge in [0.05, 0.1) is 16.4 Å². The Morgan fingerprint density at radius 3 is 2.56 bits per heavy atom. The van der Waals surface area contributed by atoms with E-state index < -0.39 is 5.82 Å². The number of benzene rings is 2. The molecule has 3 aromatic rings. The van der Waals surface area contributed by atoms with Crippen molar-refractivity contribution < 1.29 is 9.18 Å². The first-order valence-corrected chi connectivity index (χ1v) is 12.2. The molecule has 0 radical (unpaired) electrons. The minimum absolute atomic E-state index is 0.0694. The van der Waals surface area contributed by atoms with E-state index in [1.54, 1.807) is 0 Å². The average Bonchev–Trinajstić information content (AvgIpc) is 3.41. The van der Waals surface area contributed by atoms with Crippen LogP contribution in [0.15, 0.2) is 42.5 Å². The van der Waals surface area contributed by atoms with Crippen LogP contribution in [0.5, 0.6) is 0 Å². The van der Waals surface area contributed by atoms with E-state index in [9.17, 15) is 9.18 Å². The Kier molecular flexibility index (Phi) is 6.57. The Bertz CT molecular complexity index is 1210. The molecule has 6 nitrogen and oxygen atoms in total. The third kappa shape index (κ3) is 4.55. The second-order valence-electron chi connectivity index (χ2n) is 8.53. The topological polar surface area (TPSA) is 61.4 Å². The molecule has 1 amide bonds. The molecule has 1 fully saturated rings. The quantitative estimate of drug-likeness (QED) is 0.482. The lowest BCUT2D eigenvalue weighted by molar-refractivity contribution is 0.0793. The van der Waals surface area contributed by atoms with Gasteiger partial charge in [0.2, 0.25) is 0 Å². The van der Waals surface area contributed by atoms with E-state index in [0.29, 0.717) is 34.9 Å². The van der Waals surface area contributed by atoms with Crippen LogP contribution in [-0.4, -0.2) is 53.7 Å². The van der Waals surface area contributed by atoms with Crippen LogP contribution in [0.3, 0.4) is 0 Å². The van der Waals surface area contributed by atoms with Crippen molar-refractivity contribution in [1.29, 1.82) is 0 Å². The van der Waals surface area contributed by atoms with Crippen LogP contribution in [0.4, 0.5) is 15.9 Å². The number of hydrogen-bond donors (Lipinski definition) is 1. The number of anilines is 2. The lowest BCUT2D eigenvalue weighted by atomic mass is 10.1.